The Bertz CT molecular complexity index is 410. The first-order chi connectivity index (χ1) is 8.45. The molecule has 0 saturated heterocycles. The van der Waals surface area contributed by atoms with Crippen molar-refractivity contribution in [3.63, 3.8) is 0 Å². The van der Waals surface area contributed by atoms with Gasteiger partial charge in [-0.2, -0.15) is 13.2 Å². The zero-order valence-electron chi connectivity index (χ0n) is 10.0. The maximum Gasteiger partial charge on any atom is 0.416 e. The van der Waals surface area contributed by atoms with Gasteiger partial charge in [0.1, 0.15) is 5.82 Å². The maximum atomic E-state index is 12.8. The standard InChI is InChI=1S/C13H15F4N/c1-2-3-4-7-18-9-10-5-6-11(14)8-12(10)13(15,16)17/h2-3,5-6,8,18H,4,7,9H2,1H3/b3-2+. The molecule has 1 rings (SSSR count). The van der Waals surface area contributed by atoms with E-state index in [4.69, 9.17) is 0 Å². The highest BCUT2D eigenvalue weighted by Crippen LogP contribution is 2.32. The van der Waals surface area contributed by atoms with Crippen LogP contribution in [0.15, 0.2) is 30.4 Å². The Hall–Kier alpha value is -1.36. The largest absolute Gasteiger partial charge is 0.416 e. The Morgan fingerprint density at radius 2 is 2.00 bits per heavy atom. The van der Waals surface area contributed by atoms with Crippen molar-refractivity contribution in [1.82, 2.24) is 5.32 Å². The highest BCUT2D eigenvalue weighted by Gasteiger charge is 2.33. The first kappa shape index (κ1) is 14.7. The Morgan fingerprint density at radius 1 is 1.28 bits per heavy atom. The molecule has 18 heavy (non-hydrogen) atoms. The number of halogens is 4. The zero-order valence-corrected chi connectivity index (χ0v) is 10.0. The number of rotatable bonds is 5. The average molecular weight is 261 g/mol. The minimum atomic E-state index is -4.53. The van der Waals surface area contributed by atoms with Crippen molar-refractivity contribution in [2.45, 2.75) is 26.1 Å². The van der Waals surface area contributed by atoms with Gasteiger partial charge >= 0.3 is 6.18 Å². The fourth-order valence-corrected chi connectivity index (χ4v) is 1.54. The molecule has 0 amide bonds. The van der Waals surface area contributed by atoms with E-state index in [0.29, 0.717) is 12.6 Å². The van der Waals surface area contributed by atoms with Crippen molar-refractivity contribution in [3.05, 3.63) is 47.3 Å². The first-order valence-corrected chi connectivity index (χ1v) is 5.62. The van der Waals surface area contributed by atoms with E-state index in [-0.39, 0.29) is 12.1 Å². The highest BCUT2D eigenvalue weighted by molar-refractivity contribution is 5.30. The van der Waals surface area contributed by atoms with Gasteiger partial charge in [-0.15, -0.1) is 0 Å². The predicted octanol–water partition coefficient (Wildman–Crippen LogP) is 3.90. The summed E-state index contributed by atoms with van der Waals surface area (Å²) in [6.07, 6.45) is 0.0184. The first-order valence-electron chi connectivity index (χ1n) is 5.62. The lowest BCUT2D eigenvalue weighted by Crippen LogP contribution is -2.18. The number of benzene rings is 1. The van der Waals surface area contributed by atoms with Gasteiger partial charge in [0.2, 0.25) is 0 Å². The zero-order chi connectivity index (χ0) is 13.6. The molecule has 1 aromatic rings. The van der Waals surface area contributed by atoms with Gasteiger partial charge in [0, 0.05) is 6.54 Å². The predicted molar refractivity (Wildman–Crippen MR) is 62.5 cm³/mol. The fraction of sp³-hybridized carbons (Fsp3) is 0.385. The molecule has 0 atom stereocenters. The third-order valence-corrected chi connectivity index (χ3v) is 2.42. The molecule has 0 spiro atoms. The van der Waals surface area contributed by atoms with Crippen LogP contribution in [0.3, 0.4) is 0 Å². The molecule has 1 N–H and O–H groups in total. The molecule has 0 bridgehead atoms. The van der Waals surface area contributed by atoms with Gasteiger partial charge in [-0.25, -0.2) is 4.39 Å². The van der Waals surface area contributed by atoms with E-state index in [0.717, 1.165) is 12.5 Å². The molecule has 0 aliphatic rings. The summed E-state index contributed by atoms with van der Waals surface area (Å²) >= 11 is 0. The number of allylic oxidation sites excluding steroid dienone is 1. The van der Waals surface area contributed by atoms with E-state index in [1.165, 1.54) is 6.07 Å². The van der Waals surface area contributed by atoms with Gasteiger partial charge in [0.15, 0.2) is 0 Å². The normalized spacial score (nSPS) is 12.3. The lowest BCUT2D eigenvalue weighted by atomic mass is 10.1. The van der Waals surface area contributed by atoms with Crippen LogP contribution in [0.4, 0.5) is 17.6 Å². The van der Waals surface area contributed by atoms with Crippen molar-refractivity contribution < 1.29 is 17.6 Å². The van der Waals surface area contributed by atoms with Gasteiger partial charge < -0.3 is 5.32 Å². The second-order valence-electron chi connectivity index (χ2n) is 3.83. The van der Waals surface area contributed by atoms with E-state index < -0.39 is 17.6 Å². The molecule has 100 valence electrons. The molecular formula is C13H15F4N. The van der Waals surface area contributed by atoms with Gasteiger partial charge in [-0.3, -0.25) is 0 Å². The monoisotopic (exact) mass is 261 g/mol. The third kappa shape index (κ3) is 4.49. The quantitative estimate of drug-likeness (QED) is 0.481. The summed E-state index contributed by atoms with van der Waals surface area (Å²) in [7, 11) is 0. The smallest absolute Gasteiger partial charge is 0.312 e. The molecule has 0 fully saturated rings. The SMILES string of the molecule is C/C=C/CCNCc1ccc(F)cc1C(F)(F)F. The second kappa shape index (κ2) is 6.54. The second-order valence-corrected chi connectivity index (χ2v) is 3.83. The molecule has 1 aromatic carbocycles. The molecule has 1 nitrogen and oxygen atoms in total. The molecule has 5 heteroatoms. The van der Waals surface area contributed by atoms with Crippen LogP contribution >= 0.6 is 0 Å². The summed E-state index contributed by atoms with van der Waals surface area (Å²) in [5.41, 5.74) is -0.856. The summed E-state index contributed by atoms with van der Waals surface area (Å²) in [6, 6.07) is 2.74. The Balaban J connectivity index is 2.70. The van der Waals surface area contributed by atoms with Gasteiger partial charge in [0.25, 0.3) is 0 Å². The van der Waals surface area contributed by atoms with Crippen molar-refractivity contribution >= 4 is 0 Å². The van der Waals surface area contributed by atoms with Crippen LogP contribution in [0.1, 0.15) is 24.5 Å². The van der Waals surface area contributed by atoms with Crippen LogP contribution in [-0.4, -0.2) is 6.54 Å². The minimum absolute atomic E-state index is 0.0596. The Morgan fingerprint density at radius 3 is 2.61 bits per heavy atom. The summed E-state index contributed by atoms with van der Waals surface area (Å²) in [6.45, 7) is 2.54. The van der Waals surface area contributed by atoms with Gasteiger partial charge in [-0.1, -0.05) is 18.2 Å². The minimum Gasteiger partial charge on any atom is -0.312 e. The van der Waals surface area contributed by atoms with Crippen LogP contribution in [0.5, 0.6) is 0 Å². The molecule has 0 radical (unpaired) electrons. The van der Waals surface area contributed by atoms with E-state index in [2.05, 4.69) is 5.32 Å². The van der Waals surface area contributed by atoms with E-state index in [9.17, 15) is 17.6 Å². The van der Waals surface area contributed by atoms with Crippen LogP contribution < -0.4 is 5.32 Å². The third-order valence-electron chi connectivity index (χ3n) is 2.42. The van der Waals surface area contributed by atoms with Crippen LogP contribution in [0.25, 0.3) is 0 Å². The van der Waals surface area contributed by atoms with Crippen LogP contribution in [0.2, 0.25) is 0 Å². The Kier molecular flexibility index (Phi) is 5.34. The summed E-state index contributed by atoms with van der Waals surface area (Å²) in [5.74, 6) is -0.875. The molecule has 0 saturated carbocycles. The molecule has 0 aliphatic carbocycles. The number of hydrogen-bond acceptors (Lipinski definition) is 1. The van der Waals surface area contributed by atoms with Gasteiger partial charge in [-0.05, 0) is 37.6 Å². The molecule has 0 heterocycles. The van der Waals surface area contributed by atoms with Crippen molar-refractivity contribution in [1.29, 1.82) is 0 Å². The van der Waals surface area contributed by atoms with Crippen molar-refractivity contribution in [2.75, 3.05) is 6.54 Å². The van der Waals surface area contributed by atoms with E-state index in [1.54, 1.807) is 0 Å². The molecular weight excluding hydrogens is 246 g/mol. The highest BCUT2D eigenvalue weighted by atomic mass is 19.4. The Labute approximate surface area is 104 Å². The topological polar surface area (TPSA) is 12.0 Å². The van der Waals surface area contributed by atoms with Crippen molar-refractivity contribution in [2.24, 2.45) is 0 Å². The number of hydrogen-bond donors (Lipinski definition) is 1. The lowest BCUT2D eigenvalue weighted by molar-refractivity contribution is -0.138. The molecule has 0 aromatic heterocycles. The van der Waals surface area contributed by atoms with E-state index >= 15 is 0 Å². The summed E-state index contributed by atoms with van der Waals surface area (Å²) in [4.78, 5) is 0. The lowest BCUT2D eigenvalue weighted by Gasteiger charge is -2.13. The molecule has 0 unspecified atom stereocenters. The van der Waals surface area contributed by atoms with Crippen molar-refractivity contribution in [3.8, 4) is 0 Å². The maximum absolute atomic E-state index is 12.8. The number of alkyl halides is 3. The fourth-order valence-electron chi connectivity index (χ4n) is 1.54. The van der Waals surface area contributed by atoms with Gasteiger partial charge in [0.05, 0.1) is 5.56 Å². The summed E-state index contributed by atoms with van der Waals surface area (Å²) in [5, 5.41) is 2.89. The average Bonchev–Trinajstić information content (AvgIpc) is 2.29. The molecule has 0 aliphatic heterocycles. The summed E-state index contributed by atoms with van der Waals surface area (Å²) < 4.78 is 50.8. The van der Waals surface area contributed by atoms with Crippen LogP contribution in [0, 0.1) is 5.82 Å². The van der Waals surface area contributed by atoms with Crippen LogP contribution in [-0.2, 0) is 12.7 Å². The number of nitrogens with one attached hydrogen (secondary N) is 1. The van der Waals surface area contributed by atoms with E-state index in [1.807, 2.05) is 19.1 Å².